The van der Waals surface area contributed by atoms with Crippen molar-refractivity contribution in [3.05, 3.63) is 65.7 Å². The van der Waals surface area contributed by atoms with Crippen LogP contribution in [0, 0.1) is 5.41 Å². The van der Waals surface area contributed by atoms with Crippen molar-refractivity contribution >= 4 is 5.69 Å². The van der Waals surface area contributed by atoms with Crippen LogP contribution in [0.3, 0.4) is 0 Å². The number of unbranched alkanes of at least 4 members (excludes halogenated alkanes) is 1. The molecule has 1 unspecified atom stereocenters. The monoisotopic (exact) mass is 309 g/mol. The maximum absolute atomic E-state index is 10.2. The van der Waals surface area contributed by atoms with Crippen LogP contribution in [0.4, 0.5) is 5.69 Å². The molecule has 1 heterocycles. The van der Waals surface area contributed by atoms with Crippen LogP contribution in [0.25, 0.3) is 0 Å². The van der Waals surface area contributed by atoms with Gasteiger partial charge in [0.15, 0.2) is 0 Å². The molecule has 2 aromatic rings. The van der Waals surface area contributed by atoms with Gasteiger partial charge in [0.05, 0.1) is 6.61 Å². The smallest absolute Gasteiger partial charge is 0.0507 e. The first-order valence-electron chi connectivity index (χ1n) is 8.74. The van der Waals surface area contributed by atoms with Crippen molar-refractivity contribution in [2.24, 2.45) is 5.41 Å². The van der Waals surface area contributed by atoms with E-state index in [9.17, 15) is 5.11 Å². The van der Waals surface area contributed by atoms with Crippen molar-refractivity contribution in [3.63, 3.8) is 0 Å². The summed E-state index contributed by atoms with van der Waals surface area (Å²) >= 11 is 0. The van der Waals surface area contributed by atoms with E-state index < -0.39 is 0 Å². The molecule has 2 nitrogen and oxygen atoms in total. The van der Waals surface area contributed by atoms with Crippen LogP contribution in [0.2, 0.25) is 0 Å². The van der Waals surface area contributed by atoms with E-state index in [0.29, 0.717) is 0 Å². The summed E-state index contributed by atoms with van der Waals surface area (Å²) in [5, 5.41) is 10.2. The van der Waals surface area contributed by atoms with E-state index in [4.69, 9.17) is 0 Å². The molecule has 0 aliphatic carbocycles. The highest BCUT2D eigenvalue weighted by Crippen LogP contribution is 2.40. The van der Waals surface area contributed by atoms with Crippen LogP contribution in [0.5, 0.6) is 0 Å². The van der Waals surface area contributed by atoms with Gasteiger partial charge in [-0.15, -0.1) is 0 Å². The fourth-order valence-corrected chi connectivity index (χ4v) is 3.77. The second kappa shape index (κ2) is 7.18. The lowest BCUT2D eigenvalue weighted by molar-refractivity contribution is 0.112. The van der Waals surface area contributed by atoms with Gasteiger partial charge in [-0.3, -0.25) is 0 Å². The lowest BCUT2D eigenvalue weighted by Gasteiger charge is -2.44. The number of aliphatic hydroxyl groups excluding tert-OH is 1. The Bertz CT molecular complexity index is 625. The molecule has 1 aliphatic rings. The average Bonchev–Trinajstić information content (AvgIpc) is 2.61. The molecule has 1 aliphatic heterocycles. The van der Waals surface area contributed by atoms with E-state index >= 15 is 0 Å². The van der Waals surface area contributed by atoms with Gasteiger partial charge in [0.1, 0.15) is 0 Å². The van der Waals surface area contributed by atoms with Crippen molar-refractivity contribution < 1.29 is 5.11 Å². The van der Waals surface area contributed by atoms with E-state index in [0.717, 1.165) is 25.9 Å². The predicted octanol–water partition coefficient (Wildman–Crippen LogP) is 4.42. The summed E-state index contributed by atoms with van der Waals surface area (Å²) in [6.45, 7) is 4.34. The van der Waals surface area contributed by atoms with Gasteiger partial charge in [-0.1, -0.05) is 68.3 Å². The molecule has 0 aromatic heterocycles. The highest BCUT2D eigenvalue weighted by molar-refractivity contribution is 5.57. The quantitative estimate of drug-likeness (QED) is 0.854. The molecule has 1 atom stereocenters. The van der Waals surface area contributed by atoms with Crippen LogP contribution in [0.1, 0.15) is 37.3 Å². The Labute approximate surface area is 139 Å². The molecule has 0 spiro atoms. The second-order valence-corrected chi connectivity index (χ2v) is 6.91. The van der Waals surface area contributed by atoms with Gasteiger partial charge in [-0.05, 0) is 30.0 Å². The molecule has 2 heteroatoms. The van der Waals surface area contributed by atoms with Crippen LogP contribution in [-0.2, 0) is 13.0 Å². The third kappa shape index (κ3) is 3.59. The number of nitrogens with zero attached hydrogens (tertiary/aromatic N) is 1. The summed E-state index contributed by atoms with van der Waals surface area (Å²) in [7, 11) is 0. The van der Waals surface area contributed by atoms with E-state index in [1.807, 2.05) is 0 Å². The van der Waals surface area contributed by atoms with Crippen molar-refractivity contribution in [3.8, 4) is 0 Å². The fraction of sp³-hybridized carbons (Fsp3) is 0.429. The first-order valence-corrected chi connectivity index (χ1v) is 8.74. The molecule has 23 heavy (non-hydrogen) atoms. The van der Waals surface area contributed by atoms with E-state index in [-0.39, 0.29) is 12.0 Å². The minimum atomic E-state index is -0.000850. The Kier molecular flexibility index (Phi) is 5.02. The number of benzene rings is 2. The predicted molar refractivity (Wildman–Crippen MR) is 96.7 cm³/mol. The number of hydrogen-bond acceptors (Lipinski definition) is 2. The molecule has 0 bridgehead atoms. The summed E-state index contributed by atoms with van der Waals surface area (Å²) in [6.07, 6.45) is 4.45. The van der Waals surface area contributed by atoms with Gasteiger partial charge in [0, 0.05) is 24.2 Å². The van der Waals surface area contributed by atoms with Gasteiger partial charge in [0.25, 0.3) is 0 Å². The number of fused-ring (bicyclic) bond motifs is 1. The lowest BCUT2D eigenvalue weighted by Crippen LogP contribution is -2.45. The highest BCUT2D eigenvalue weighted by atomic mass is 16.3. The van der Waals surface area contributed by atoms with E-state index in [1.54, 1.807) is 0 Å². The van der Waals surface area contributed by atoms with Crippen LogP contribution < -0.4 is 4.90 Å². The normalized spacial score (nSPS) is 20.3. The Morgan fingerprint density at radius 3 is 2.52 bits per heavy atom. The zero-order valence-electron chi connectivity index (χ0n) is 14.0. The van der Waals surface area contributed by atoms with Gasteiger partial charge in [-0.25, -0.2) is 0 Å². The first kappa shape index (κ1) is 16.1. The standard InChI is InChI=1S/C21H27NO/c1-2-3-13-21(17-23)14-19-11-7-8-12-20(19)22(16-21)15-18-9-5-4-6-10-18/h4-12,23H,2-3,13-17H2,1H3. The number of aliphatic hydroxyl groups is 1. The molecule has 1 N–H and O–H groups in total. The number of rotatable bonds is 6. The average molecular weight is 309 g/mol. The third-order valence-corrected chi connectivity index (χ3v) is 5.04. The molecule has 122 valence electrons. The number of anilines is 1. The summed E-state index contributed by atoms with van der Waals surface area (Å²) in [5.41, 5.74) is 4.03. The molecule has 2 aromatic carbocycles. The van der Waals surface area contributed by atoms with Gasteiger partial charge < -0.3 is 10.0 Å². The zero-order valence-corrected chi connectivity index (χ0v) is 14.0. The minimum absolute atomic E-state index is 0.000850. The Hall–Kier alpha value is -1.80. The minimum Gasteiger partial charge on any atom is -0.396 e. The molecule has 0 radical (unpaired) electrons. The number of hydrogen-bond donors (Lipinski definition) is 1. The summed E-state index contributed by atoms with van der Waals surface area (Å²) in [6, 6.07) is 19.3. The Balaban J connectivity index is 1.90. The third-order valence-electron chi connectivity index (χ3n) is 5.04. The van der Waals surface area contributed by atoms with Crippen molar-refractivity contribution in [2.75, 3.05) is 18.1 Å². The lowest BCUT2D eigenvalue weighted by atomic mass is 9.74. The fourth-order valence-electron chi connectivity index (χ4n) is 3.77. The largest absolute Gasteiger partial charge is 0.396 e. The van der Waals surface area contributed by atoms with Crippen molar-refractivity contribution in [1.82, 2.24) is 0 Å². The van der Waals surface area contributed by atoms with Crippen LogP contribution >= 0.6 is 0 Å². The molecule has 0 fully saturated rings. The van der Waals surface area contributed by atoms with Crippen LogP contribution in [-0.4, -0.2) is 18.3 Å². The van der Waals surface area contributed by atoms with Crippen LogP contribution in [0.15, 0.2) is 54.6 Å². The molecular weight excluding hydrogens is 282 g/mol. The van der Waals surface area contributed by atoms with E-state index in [2.05, 4.69) is 66.4 Å². The summed E-state index contributed by atoms with van der Waals surface area (Å²) in [4.78, 5) is 2.46. The molecule has 0 saturated heterocycles. The van der Waals surface area contributed by atoms with Gasteiger partial charge >= 0.3 is 0 Å². The summed E-state index contributed by atoms with van der Waals surface area (Å²) in [5.74, 6) is 0. The van der Waals surface area contributed by atoms with Crippen molar-refractivity contribution in [2.45, 2.75) is 39.2 Å². The van der Waals surface area contributed by atoms with Gasteiger partial charge in [-0.2, -0.15) is 0 Å². The topological polar surface area (TPSA) is 23.5 Å². The molecular formula is C21H27NO. The molecule has 3 rings (SSSR count). The summed E-state index contributed by atoms with van der Waals surface area (Å²) < 4.78 is 0. The maximum atomic E-state index is 10.2. The van der Waals surface area contributed by atoms with E-state index in [1.165, 1.54) is 29.7 Å². The van der Waals surface area contributed by atoms with Crippen molar-refractivity contribution in [1.29, 1.82) is 0 Å². The Morgan fingerprint density at radius 2 is 1.78 bits per heavy atom. The SMILES string of the molecule is CCCCC1(CO)Cc2ccccc2N(Cc2ccccc2)C1. The molecule has 0 amide bonds. The Morgan fingerprint density at radius 1 is 1.04 bits per heavy atom. The van der Waals surface area contributed by atoms with Gasteiger partial charge in [0.2, 0.25) is 0 Å². The second-order valence-electron chi connectivity index (χ2n) is 6.91. The maximum Gasteiger partial charge on any atom is 0.0507 e. The zero-order chi connectivity index (χ0) is 16.1. The molecule has 0 saturated carbocycles. The number of para-hydroxylation sites is 1. The highest BCUT2D eigenvalue weighted by Gasteiger charge is 2.36. The first-order chi connectivity index (χ1) is 11.3.